The van der Waals surface area contributed by atoms with Crippen LogP contribution in [0.4, 0.5) is 0 Å². The SMILES string of the molecule is CC(C)c1cccc2oc(=O)c(C#C[Si](C)(C)C)c-2c1. The fourth-order valence-corrected chi connectivity index (χ4v) is 2.40. The van der Waals surface area contributed by atoms with Crippen LogP contribution in [-0.4, -0.2) is 8.07 Å². The Morgan fingerprint density at radius 3 is 2.50 bits per heavy atom. The van der Waals surface area contributed by atoms with Crippen molar-refractivity contribution in [2.24, 2.45) is 0 Å². The Hall–Kier alpha value is -1.79. The second-order valence-corrected chi connectivity index (χ2v) is 11.1. The number of hydrogen-bond acceptors (Lipinski definition) is 2. The van der Waals surface area contributed by atoms with Gasteiger partial charge in [0.05, 0.1) is 0 Å². The second kappa shape index (κ2) is 5.30. The molecule has 0 radical (unpaired) electrons. The van der Waals surface area contributed by atoms with E-state index in [4.69, 9.17) is 4.42 Å². The number of hydrogen-bond donors (Lipinski definition) is 0. The second-order valence-electron chi connectivity index (χ2n) is 6.37. The third-order valence-electron chi connectivity index (χ3n) is 3.02. The Bertz CT molecular complexity index is 708. The highest BCUT2D eigenvalue weighted by Gasteiger charge is 2.17. The molecule has 0 saturated carbocycles. The normalized spacial score (nSPS) is 11.5. The van der Waals surface area contributed by atoms with Gasteiger partial charge in [-0.15, -0.1) is 5.54 Å². The predicted molar refractivity (Wildman–Crippen MR) is 85.9 cm³/mol. The van der Waals surface area contributed by atoms with Gasteiger partial charge in [-0.05, 0) is 23.6 Å². The molecule has 2 nitrogen and oxygen atoms in total. The van der Waals surface area contributed by atoms with Crippen LogP contribution in [0.1, 0.15) is 30.9 Å². The van der Waals surface area contributed by atoms with Gasteiger partial charge in [-0.1, -0.05) is 51.5 Å². The summed E-state index contributed by atoms with van der Waals surface area (Å²) in [5, 5.41) is 0. The Balaban J connectivity index is 2.67. The molecule has 3 heteroatoms. The zero-order chi connectivity index (χ0) is 14.9. The molecule has 0 unspecified atom stereocenters. The molecule has 1 aliphatic heterocycles. The molecule has 2 rings (SSSR count). The summed E-state index contributed by atoms with van der Waals surface area (Å²) in [6.07, 6.45) is 0. The summed E-state index contributed by atoms with van der Waals surface area (Å²) in [6.45, 7) is 10.7. The van der Waals surface area contributed by atoms with E-state index >= 15 is 0 Å². The van der Waals surface area contributed by atoms with Crippen molar-refractivity contribution in [3.8, 4) is 22.8 Å². The summed E-state index contributed by atoms with van der Waals surface area (Å²) in [5.74, 6) is 4.07. The zero-order valence-electron chi connectivity index (χ0n) is 12.7. The van der Waals surface area contributed by atoms with Crippen LogP contribution in [0.5, 0.6) is 0 Å². The van der Waals surface area contributed by atoms with Crippen LogP contribution in [-0.2, 0) is 0 Å². The van der Waals surface area contributed by atoms with E-state index in [1.807, 2.05) is 18.2 Å². The molecule has 0 aromatic rings. The van der Waals surface area contributed by atoms with Crippen LogP contribution < -0.4 is 5.63 Å². The van der Waals surface area contributed by atoms with E-state index in [2.05, 4.69) is 51.0 Å². The minimum Gasteiger partial charge on any atom is -0.422 e. The highest BCUT2D eigenvalue weighted by molar-refractivity contribution is 6.83. The molecule has 0 atom stereocenters. The first-order valence-electron chi connectivity index (χ1n) is 6.88. The third kappa shape index (κ3) is 3.20. The molecule has 20 heavy (non-hydrogen) atoms. The number of fused-ring (bicyclic) bond motifs is 1. The summed E-state index contributed by atoms with van der Waals surface area (Å²) < 4.78 is 5.32. The minimum atomic E-state index is -1.52. The maximum Gasteiger partial charge on any atom is 0.352 e. The lowest BCUT2D eigenvalue weighted by atomic mass is 10.0. The lowest BCUT2D eigenvalue weighted by Gasteiger charge is -2.03. The molecule has 0 aromatic heterocycles. The number of furan rings is 1. The smallest absolute Gasteiger partial charge is 0.352 e. The average molecular weight is 284 g/mol. The largest absolute Gasteiger partial charge is 0.422 e. The van der Waals surface area contributed by atoms with E-state index in [0.29, 0.717) is 17.2 Å². The number of rotatable bonds is 1. The Morgan fingerprint density at radius 2 is 1.90 bits per heavy atom. The first-order chi connectivity index (χ1) is 9.28. The van der Waals surface area contributed by atoms with Gasteiger partial charge in [0, 0.05) is 5.56 Å². The van der Waals surface area contributed by atoms with E-state index in [1.165, 1.54) is 5.56 Å². The Labute approximate surface area is 121 Å². The van der Waals surface area contributed by atoms with E-state index in [0.717, 1.165) is 5.56 Å². The molecule has 1 heterocycles. The maximum absolute atomic E-state index is 12.0. The maximum atomic E-state index is 12.0. The van der Waals surface area contributed by atoms with Crippen LogP contribution >= 0.6 is 0 Å². The molecule has 0 fully saturated rings. The van der Waals surface area contributed by atoms with Crippen molar-refractivity contribution in [3.05, 3.63) is 45.8 Å². The molecule has 1 aliphatic carbocycles. The van der Waals surface area contributed by atoms with Crippen LogP contribution in [0.15, 0.2) is 33.5 Å². The standard InChI is InChI=1S/C17H20O2Si/c1-12(2)13-7-6-8-16-15(11-13)14(17(18)19-16)9-10-20(3,4)5/h6-8,11-12H,1-5H3. The minimum absolute atomic E-state index is 0.327. The summed E-state index contributed by atoms with van der Waals surface area (Å²) in [5.41, 5.74) is 5.42. The summed E-state index contributed by atoms with van der Waals surface area (Å²) >= 11 is 0. The van der Waals surface area contributed by atoms with E-state index in [-0.39, 0.29) is 5.63 Å². The molecule has 0 saturated heterocycles. The van der Waals surface area contributed by atoms with Crippen LogP contribution in [0.3, 0.4) is 0 Å². The van der Waals surface area contributed by atoms with Gasteiger partial charge >= 0.3 is 5.63 Å². The van der Waals surface area contributed by atoms with Gasteiger partial charge in [-0.25, -0.2) is 4.79 Å². The van der Waals surface area contributed by atoms with E-state index in [9.17, 15) is 4.79 Å². The van der Waals surface area contributed by atoms with E-state index in [1.54, 1.807) is 0 Å². The summed E-state index contributed by atoms with van der Waals surface area (Å²) in [6, 6.07) is 7.85. The zero-order valence-corrected chi connectivity index (χ0v) is 13.7. The van der Waals surface area contributed by atoms with Crippen molar-refractivity contribution in [3.63, 3.8) is 0 Å². The fourth-order valence-electron chi connectivity index (χ4n) is 1.90. The predicted octanol–water partition coefficient (Wildman–Crippen LogP) is 4.10. The highest BCUT2D eigenvalue weighted by Crippen LogP contribution is 2.26. The molecular formula is C17H20O2Si. The quantitative estimate of drug-likeness (QED) is 0.583. The van der Waals surface area contributed by atoms with Gasteiger partial charge in [0.15, 0.2) is 0 Å². The van der Waals surface area contributed by atoms with Gasteiger partial charge in [-0.2, -0.15) is 0 Å². The molecule has 0 bridgehead atoms. The summed E-state index contributed by atoms with van der Waals surface area (Å²) in [4.78, 5) is 12.0. The Kier molecular flexibility index (Phi) is 3.87. The van der Waals surface area contributed by atoms with Crippen LogP contribution in [0.2, 0.25) is 19.6 Å². The third-order valence-corrected chi connectivity index (χ3v) is 3.89. The molecule has 2 aliphatic rings. The lowest BCUT2D eigenvalue weighted by Crippen LogP contribution is -2.16. The molecule has 0 aromatic carbocycles. The molecule has 0 spiro atoms. The van der Waals surface area contributed by atoms with Crippen molar-refractivity contribution in [2.75, 3.05) is 0 Å². The van der Waals surface area contributed by atoms with Crippen molar-refractivity contribution >= 4 is 8.07 Å². The van der Waals surface area contributed by atoms with Crippen LogP contribution in [0, 0.1) is 11.5 Å². The first kappa shape index (κ1) is 14.6. The summed E-state index contributed by atoms with van der Waals surface area (Å²) in [7, 11) is -1.52. The van der Waals surface area contributed by atoms with Gasteiger partial charge in [0.25, 0.3) is 0 Å². The average Bonchev–Trinajstić information content (AvgIpc) is 2.48. The van der Waals surface area contributed by atoms with Gasteiger partial charge in [-0.3, -0.25) is 0 Å². The molecule has 104 valence electrons. The molecule has 0 amide bonds. The van der Waals surface area contributed by atoms with Crippen LogP contribution in [0.25, 0.3) is 11.3 Å². The monoisotopic (exact) mass is 284 g/mol. The first-order valence-corrected chi connectivity index (χ1v) is 10.4. The van der Waals surface area contributed by atoms with Gasteiger partial charge in [0.2, 0.25) is 0 Å². The topological polar surface area (TPSA) is 30.2 Å². The Morgan fingerprint density at radius 1 is 1.20 bits per heavy atom. The van der Waals surface area contributed by atoms with Crippen molar-refractivity contribution < 1.29 is 4.42 Å². The lowest BCUT2D eigenvalue weighted by molar-refractivity contribution is 0.544. The molecule has 0 N–H and O–H groups in total. The van der Waals surface area contributed by atoms with Crippen molar-refractivity contribution in [1.82, 2.24) is 0 Å². The fraction of sp³-hybridized carbons (Fsp3) is 0.353. The van der Waals surface area contributed by atoms with E-state index < -0.39 is 8.07 Å². The molecular weight excluding hydrogens is 264 g/mol. The van der Waals surface area contributed by atoms with Crippen molar-refractivity contribution in [2.45, 2.75) is 39.4 Å². The van der Waals surface area contributed by atoms with Crippen molar-refractivity contribution in [1.29, 1.82) is 0 Å². The van der Waals surface area contributed by atoms with Gasteiger partial charge < -0.3 is 4.42 Å². The van der Waals surface area contributed by atoms with Gasteiger partial charge in [0.1, 0.15) is 19.4 Å². The highest BCUT2D eigenvalue weighted by atomic mass is 28.3.